The lowest BCUT2D eigenvalue weighted by Crippen LogP contribution is -2.46. The van der Waals surface area contributed by atoms with E-state index in [4.69, 9.17) is 0 Å². The fourth-order valence-electron chi connectivity index (χ4n) is 3.64. The average molecular weight is 361 g/mol. The third-order valence-electron chi connectivity index (χ3n) is 5.12. The molecule has 1 fully saturated rings. The summed E-state index contributed by atoms with van der Waals surface area (Å²) in [6.45, 7) is 4.51. The molecule has 0 saturated heterocycles. The Balaban J connectivity index is 1.61. The van der Waals surface area contributed by atoms with Crippen molar-refractivity contribution in [1.82, 2.24) is 25.4 Å². The minimum Gasteiger partial charge on any atom is -0.355 e. The molecule has 25 heavy (non-hydrogen) atoms. The molecule has 0 aliphatic heterocycles. The molecule has 1 saturated carbocycles. The largest absolute Gasteiger partial charge is 0.355 e. The summed E-state index contributed by atoms with van der Waals surface area (Å²) in [7, 11) is 1.82. The van der Waals surface area contributed by atoms with Gasteiger partial charge in [-0.05, 0) is 31.2 Å². The first-order valence-corrected chi connectivity index (χ1v) is 10.0. The highest BCUT2D eigenvalue weighted by Crippen LogP contribution is 2.41. The van der Waals surface area contributed by atoms with Gasteiger partial charge in [-0.25, -0.2) is 0 Å². The Morgan fingerprint density at radius 3 is 2.84 bits per heavy atom. The number of thiophene rings is 1. The molecule has 3 rings (SSSR count). The number of rotatable bonds is 6. The van der Waals surface area contributed by atoms with E-state index in [-0.39, 0.29) is 5.41 Å². The summed E-state index contributed by atoms with van der Waals surface area (Å²) < 4.78 is 2.04. The first-order chi connectivity index (χ1) is 12.3. The van der Waals surface area contributed by atoms with Crippen LogP contribution in [0.3, 0.4) is 0 Å². The van der Waals surface area contributed by atoms with Crippen molar-refractivity contribution in [2.45, 2.75) is 57.5 Å². The lowest BCUT2D eigenvalue weighted by Gasteiger charge is -2.37. The van der Waals surface area contributed by atoms with Gasteiger partial charge in [0.25, 0.3) is 0 Å². The van der Waals surface area contributed by atoms with E-state index in [0.717, 1.165) is 24.9 Å². The highest BCUT2D eigenvalue weighted by atomic mass is 32.1. The second-order valence-corrected chi connectivity index (χ2v) is 7.58. The van der Waals surface area contributed by atoms with Gasteiger partial charge in [-0.3, -0.25) is 4.99 Å². The molecule has 0 unspecified atom stereocenters. The van der Waals surface area contributed by atoms with Gasteiger partial charge in [-0.2, -0.15) is 0 Å². The number of hydrogen-bond donors (Lipinski definition) is 2. The van der Waals surface area contributed by atoms with Crippen molar-refractivity contribution < 1.29 is 0 Å². The smallest absolute Gasteiger partial charge is 0.191 e. The van der Waals surface area contributed by atoms with E-state index in [0.29, 0.717) is 6.54 Å². The van der Waals surface area contributed by atoms with Crippen molar-refractivity contribution in [2.24, 2.45) is 4.99 Å². The first-order valence-electron chi connectivity index (χ1n) is 9.12. The lowest BCUT2D eigenvalue weighted by atomic mass is 9.73. The van der Waals surface area contributed by atoms with Crippen LogP contribution >= 0.6 is 11.3 Å². The van der Waals surface area contributed by atoms with E-state index in [9.17, 15) is 0 Å². The van der Waals surface area contributed by atoms with Crippen LogP contribution in [0.25, 0.3) is 0 Å². The van der Waals surface area contributed by atoms with Crippen LogP contribution in [0.15, 0.2) is 28.8 Å². The Hall–Kier alpha value is -1.89. The summed E-state index contributed by atoms with van der Waals surface area (Å²) >= 11 is 1.88. The number of nitrogens with one attached hydrogen (secondary N) is 2. The van der Waals surface area contributed by atoms with Crippen molar-refractivity contribution in [3.8, 4) is 0 Å². The van der Waals surface area contributed by atoms with Gasteiger partial charge in [0.1, 0.15) is 6.33 Å². The Labute approximate surface area is 153 Å². The molecular formula is C18H28N6S. The molecule has 7 heteroatoms. The monoisotopic (exact) mass is 360 g/mol. The minimum absolute atomic E-state index is 0.244. The molecule has 6 nitrogen and oxygen atoms in total. The predicted molar refractivity (Wildman–Crippen MR) is 103 cm³/mol. The van der Waals surface area contributed by atoms with E-state index in [1.807, 2.05) is 23.0 Å². The zero-order valence-corrected chi connectivity index (χ0v) is 16.0. The number of aromatic nitrogens is 3. The Morgan fingerprint density at radius 2 is 2.16 bits per heavy atom. The van der Waals surface area contributed by atoms with Crippen molar-refractivity contribution in [3.63, 3.8) is 0 Å². The summed E-state index contributed by atoms with van der Waals surface area (Å²) in [5.74, 6) is 1.75. The maximum Gasteiger partial charge on any atom is 0.191 e. The van der Waals surface area contributed by atoms with Crippen LogP contribution in [0.4, 0.5) is 0 Å². The highest BCUT2D eigenvalue weighted by molar-refractivity contribution is 7.10. The molecule has 0 aromatic carbocycles. The second-order valence-electron chi connectivity index (χ2n) is 6.63. The van der Waals surface area contributed by atoms with Crippen molar-refractivity contribution in [2.75, 3.05) is 13.6 Å². The van der Waals surface area contributed by atoms with Gasteiger partial charge in [0, 0.05) is 30.4 Å². The molecule has 0 spiro atoms. The van der Waals surface area contributed by atoms with Crippen LogP contribution in [0.2, 0.25) is 0 Å². The number of hydrogen-bond acceptors (Lipinski definition) is 4. The summed E-state index contributed by atoms with van der Waals surface area (Å²) in [6.07, 6.45) is 8.24. The summed E-state index contributed by atoms with van der Waals surface area (Å²) in [6, 6.07) is 4.46. The van der Waals surface area contributed by atoms with Gasteiger partial charge < -0.3 is 15.2 Å². The number of aryl methyl sites for hydroxylation is 1. The zero-order valence-electron chi connectivity index (χ0n) is 15.2. The molecule has 0 bridgehead atoms. The quantitative estimate of drug-likeness (QED) is 0.614. The Kier molecular flexibility index (Phi) is 6.07. The SMILES string of the molecule is CCn1cnnc1CNC(=NC)NCC1(c2cccs2)CCCCC1. The lowest BCUT2D eigenvalue weighted by molar-refractivity contribution is 0.296. The van der Waals surface area contributed by atoms with E-state index in [1.165, 1.54) is 37.0 Å². The number of aliphatic imine (C=N–C) groups is 1. The third kappa shape index (κ3) is 4.21. The van der Waals surface area contributed by atoms with Crippen molar-refractivity contribution in [3.05, 3.63) is 34.5 Å². The van der Waals surface area contributed by atoms with Gasteiger partial charge in [0.2, 0.25) is 0 Å². The molecule has 0 radical (unpaired) electrons. The Bertz CT molecular complexity index is 670. The van der Waals surface area contributed by atoms with Crippen molar-refractivity contribution >= 4 is 17.3 Å². The molecule has 0 atom stereocenters. The van der Waals surface area contributed by atoms with E-state index in [2.05, 4.69) is 50.3 Å². The first kappa shape index (κ1) is 17.9. The Morgan fingerprint density at radius 1 is 1.32 bits per heavy atom. The summed E-state index contributed by atoms with van der Waals surface area (Å²) in [5, 5.41) is 17.3. The third-order valence-corrected chi connectivity index (χ3v) is 6.24. The molecule has 2 heterocycles. The topological polar surface area (TPSA) is 67.1 Å². The van der Waals surface area contributed by atoms with Crippen LogP contribution in [0, 0.1) is 0 Å². The molecule has 1 aliphatic rings. The van der Waals surface area contributed by atoms with Gasteiger partial charge in [-0.1, -0.05) is 25.3 Å². The number of nitrogens with zero attached hydrogens (tertiary/aromatic N) is 4. The predicted octanol–water partition coefficient (Wildman–Crippen LogP) is 2.93. The maximum absolute atomic E-state index is 4.38. The molecular weight excluding hydrogens is 332 g/mol. The van der Waals surface area contributed by atoms with Gasteiger partial charge in [-0.15, -0.1) is 21.5 Å². The molecule has 0 amide bonds. The number of guanidine groups is 1. The summed E-state index contributed by atoms with van der Waals surface area (Å²) in [4.78, 5) is 5.88. The van der Waals surface area contributed by atoms with E-state index < -0.39 is 0 Å². The van der Waals surface area contributed by atoms with E-state index >= 15 is 0 Å². The molecule has 2 aromatic heterocycles. The zero-order chi connectivity index (χ0) is 17.5. The van der Waals surface area contributed by atoms with Gasteiger partial charge >= 0.3 is 0 Å². The fraction of sp³-hybridized carbons (Fsp3) is 0.611. The van der Waals surface area contributed by atoms with Crippen molar-refractivity contribution in [1.29, 1.82) is 0 Å². The molecule has 136 valence electrons. The van der Waals surface area contributed by atoms with Gasteiger partial charge in [0.05, 0.1) is 6.54 Å². The average Bonchev–Trinajstić information content (AvgIpc) is 3.34. The highest BCUT2D eigenvalue weighted by Gasteiger charge is 2.34. The molecule has 1 aliphatic carbocycles. The minimum atomic E-state index is 0.244. The maximum atomic E-state index is 4.38. The van der Waals surface area contributed by atoms with E-state index in [1.54, 1.807) is 6.33 Å². The van der Waals surface area contributed by atoms with Crippen LogP contribution in [-0.4, -0.2) is 34.3 Å². The second kappa shape index (κ2) is 8.47. The van der Waals surface area contributed by atoms with Gasteiger partial charge in [0.15, 0.2) is 11.8 Å². The van der Waals surface area contributed by atoms with Crippen LogP contribution in [0.1, 0.15) is 49.7 Å². The van der Waals surface area contributed by atoms with Crippen LogP contribution in [0.5, 0.6) is 0 Å². The normalized spacial score (nSPS) is 17.4. The summed E-state index contributed by atoms with van der Waals surface area (Å²) in [5.41, 5.74) is 0.244. The molecule has 2 N–H and O–H groups in total. The standard InChI is InChI=1S/C18H28N6S/c1-3-24-14-22-23-16(24)12-20-17(19-2)21-13-18(9-5-4-6-10-18)15-8-7-11-25-15/h7-8,11,14H,3-6,9-10,12-13H2,1-2H3,(H2,19,20,21). The molecule has 2 aromatic rings. The fourth-order valence-corrected chi connectivity index (χ4v) is 4.62. The van der Waals surface area contributed by atoms with Crippen LogP contribution in [-0.2, 0) is 18.5 Å². The van der Waals surface area contributed by atoms with Crippen LogP contribution < -0.4 is 10.6 Å².